The Labute approximate surface area is 144 Å². The minimum Gasteiger partial charge on any atom is -0.305 e. The van der Waals surface area contributed by atoms with Crippen LogP contribution in [-0.2, 0) is 6.54 Å². The van der Waals surface area contributed by atoms with Crippen LogP contribution in [0.25, 0.3) is 11.1 Å². The fourth-order valence-corrected chi connectivity index (χ4v) is 3.93. The monoisotopic (exact) mass is 326 g/mol. The summed E-state index contributed by atoms with van der Waals surface area (Å²) in [5.74, 6) is 0. The molecule has 1 heterocycles. The summed E-state index contributed by atoms with van der Waals surface area (Å²) in [6, 6.07) is 18.5. The molecule has 0 bridgehead atoms. The minimum absolute atomic E-state index is 0.711. The Bertz CT molecular complexity index is 636. The van der Waals surface area contributed by atoms with Gasteiger partial charge in [-0.1, -0.05) is 42.5 Å². The summed E-state index contributed by atoms with van der Waals surface area (Å²) < 4.78 is 0. The zero-order valence-corrected chi connectivity index (χ0v) is 15.1. The van der Waals surface area contributed by atoms with Crippen molar-refractivity contribution < 1.29 is 0 Å². The molecule has 3 rings (SSSR count). The van der Waals surface area contributed by atoms with Crippen LogP contribution >= 0.6 is 11.8 Å². The molecule has 0 radical (unpaired) electrons. The van der Waals surface area contributed by atoms with Gasteiger partial charge in [-0.15, -0.1) is 11.8 Å². The van der Waals surface area contributed by atoms with Crippen LogP contribution in [-0.4, -0.2) is 49.3 Å². The van der Waals surface area contributed by atoms with Crippen molar-refractivity contribution in [3.63, 3.8) is 0 Å². The molecule has 1 aliphatic heterocycles. The van der Waals surface area contributed by atoms with Crippen molar-refractivity contribution in [1.29, 1.82) is 0 Å². The number of nitrogens with zero attached hydrogens (tertiary/aromatic N) is 2. The lowest BCUT2D eigenvalue weighted by molar-refractivity contribution is 0.264. The van der Waals surface area contributed by atoms with E-state index in [-0.39, 0.29) is 0 Å². The fourth-order valence-electron chi connectivity index (χ4n) is 3.31. The third kappa shape index (κ3) is 3.97. The average molecular weight is 327 g/mol. The Balaban J connectivity index is 1.68. The van der Waals surface area contributed by atoms with Crippen molar-refractivity contribution in [2.45, 2.75) is 23.9 Å². The Hall–Kier alpha value is -1.29. The van der Waals surface area contributed by atoms with Crippen LogP contribution < -0.4 is 0 Å². The molecular weight excluding hydrogens is 300 g/mol. The van der Waals surface area contributed by atoms with Gasteiger partial charge in [0.25, 0.3) is 0 Å². The van der Waals surface area contributed by atoms with Gasteiger partial charge in [0.1, 0.15) is 0 Å². The van der Waals surface area contributed by atoms with E-state index in [9.17, 15) is 0 Å². The second-order valence-electron chi connectivity index (χ2n) is 6.54. The number of likely N-dealkylation sites (N-methyl/N-ethyl adjacent to an activating group) is 1. The maximum Gasteiger partial charge on any atom is 0.0234 e. The lowest BCUT2D eigenvalue weighted by Gasteiger charge is -2.20. The number of rotatable bonds is 5. The van der Waals surface area contributed by atoms with Gasteiger partial charge >= 0.3 is 0 Å². The van der Waals surface area contributed by atoms with Gasteiger partial charge in [0.05, 0.1) is 0 Å². The topological polar surface area (TPSA) is 6.48 Å². The van der Waals surface area contributed by atoms with Crippen molar-refractivity contribution in [3.8, 4) is 11.1 Å². The summed E-state index contributed by atoms with van der Waals surface area (Å²) in [6.45, 7) is 3.46. The summed E-state index contributed by atoms with van der Waals surface area (Å²) in [6.07, 6.45) is 3.42. The standard InChI is InChI=1S/C20H26N2S/c1-21(2)18-12-13-22(15-18)14-16-8-10-17(11-9-16)19-6-4-5-7-20(19)23-3/h4-11,18H,12-15H2,1-3H3. The molecule has 2 aromatic carbocycles. The first kappa shape index (κ1) is 16.6. The first-order valence-electron chi connectivity index (χ1n) is 8.28. The Morgan fingerprint density at radius 1 is 1.09 bits per heavy atom. The van der Waals surface area contributed by atoms with Gasteiger partial charge in [0.2, 0.25) is 0 Å². The summed E-state index contributed by atoms with van der Waals surface area (Å²) in [7, 11) is 4.37. The lowest BCUT2D eigenvalue weighted by atomic mass is 10.0. The summed E-state index contributed by atoms with van der Waals surface area (Å²) in [4.78, 5) is 6.26. The first-order valence-corrected chi connectivity index (χ1v) is 9.51. The molecular formula is C20H26N2S. The first-order chi connectivity index (χ1) is 11.2. The van der Waals surface area contributed by atoms with E-state index in [1.807, 2.05) is 11.8 Å². The Kier molecular flexibility index (Phi) is 5.42. The quantitative estimate of drug-likeness (QED) is 0.760. The van der Waals surface area contributed by atoms with Gasteiger partial charge < -0.3 is 4.90 Å². The molecule has 1 atom stereocenters. The molecule has 0 aliphatic carbocycles. The third-order valence-corrected chi connectivity index (χ3v) is 5.55. The normalized spacial score (nSPS) is 18.7. The summed E-state index contributed by atoms with van der Waals surface area (Å²) >= 11 is 1.81. The fraction of sp³-hybridized carbons (Fsp3) is 0.400. The van der Waals surface area contributed by atoms with Gasteiger partial charge in [-0.2, -0.15) is 0 Å². The maximum absolute atomic E-state index is 2.56. The number of thioether (sulfide) groups is 1. The van der Waals surface area contributed by atoms with E-state index in [1.54, 1.807) is 0 Å². The van der Waals surface area contributed by atoms with E-state index in [0.29, 0.717) is 6.04 Å². The van der Waals surface area contributed by atoms with E-state index in [1.165, 1.54) is 41.1 Å². The molecule has 0 spiro atoms. The molecule has 0 aromatic heterocycles. The van der Waals surface area contributed by atoms with E-state index in [2.05, 4.69) is 78.7 Å². The van der Waals surface area contributed by atoms with E-state index in [0.717, 1.165) is 6.54 Å². The van der Waals surface area contributed by atoms with Crippen LogP contribution in [0, 0.1) is 0 Å². The van der Waals surface area contributed by atoms with Crippen LogP contribution in [0.15, 0.2) is 53.4 Å². The van der Waals surface area contributed by atoms with Gasteiger partial charge in [-0.25, -0.2) is 0 Å². The molecule has 23 heavy (non-hydrogen) atoms. The third-order valence-electron chi connectivity index (χ3n) is 4.76. The lowest BCUT2D eigenvalue weighted by Crippen LogP contribution is -2.31. The highest BCUT2D eigenvalue weighted by atomic mass is 32.2. The van der Waals surface area contributed by atoms with Crippen LogP contribution in [0.1, 0.15) is 12.0 Å². The number of hydrogen-bond acceptors (Lipinski definition) is 3. The predicted molar refractivity (Wildman–Crippen MR) is 101 cm³/mol. The number of likely N-dealkylation sites (tertiary alicyclic amines) is 1. The predicted octanol–water partition coefficient (Wildman–Crippen LogP) is 4.21. The van der Waals surface area contributed by atoms with E-state index < -0.39 is 0 Å². The maximum atomic E-state index is 2.56. The molecule has 0 N–H and O–H groups in total. The van der Waals surface area contributed by atoms with Crippen molar-refractivity contribution in [2.75, 3.05) is 33.4 Å². The SMILES string of the molecule is CSc1ccccc1-c1ccc(CN2CCC(N(C)C)C2)cc1. The van der Waals surface area contributed by atoms with E-state index >= 15 is 0 Å². The highest BCUT2D eigenvalue weighted by Gasteiger charge is 2.23. The smallest absolute Gasteiger partial charge is 0.0234 e. The molecule has 122 valence electrons. The van der Waals surface area contributed by atoms with Gasteiger partial charge in [0, 0.05) is 30.6 Å². The summed E-state index contributed by atoms with van der Waals surface area (Å²) in [5, 5.41) is 0. The second kappa shape index (κ2) is 7.52. The van der Waals surface area contributed by atoms with Gasteiger partial charge in [-0.05, 0) is 49.5 Å². The molecule has 0 amide bonds. The molecule has 0 saturated carbocycles. The Morgan fingerprint density at radius 2 is 1.83 bits per heavy atom. The minimum atomic E-state index is 0.711. The molecule has 1 fully saturated rings. The van der Waals surface area contributed by atoms with Crippen LogP contribution in [0.2, 0.25) is 0 Å². The second-order valence-corrected chi connectivity index (χ2v) is 7.39. The molecule has 3 heteroatoms. The zero-order valence-electron chi connectivity index (χ0n) is 14.3. The molecule has 2 nitrogen and oxygen atoms in total. The van der Waals surface area contributed by atoms with Crippen molar-refractivity contribution in [1.82, 2.24) is 9.80 Å². The van der Waals surface area contributed by atoms with Crippen molar-refractivity contribution >= 4 is 11.8 Å². The number of hydrogen-bond donors (Lipinski definition) is 0. The van der Waals surface area contributed by atoms with E-state index in [4.69, 9.17) is 0 Å². The van der Waals surface area contributed by atoms with Gasteiger partial charge in [0.15, 0.2) is 0 Å². The molecule has 2 aromatic rings. The van der Waals surface area contributed by atoms with Gasteiger partial charge in [-0.3, -0.25) is 4.90 Å². The highest BCUT2D eigenvalue weighted by Crippen LogP contribution is 2.30. The average Bonchev–Trinajstić information content (AvgIpc) is 3.04. The zero-order chi connectivity index (χ0) is 16.2. The molecule has 1 aliphatic rings. The van der Waals surface area contributed by atoms with Crippen LogP contribution in [0.4, 0.5) is 0 Å². The largest absolute Gasteiger partial charge is 0.305 e. The summed E-state index contributed by atoms with van der Waals surface area (Å²) in [5.41, 5.74) is 4.06. The Morgan fingerprint density at radius 3 is 2.48 bits per heavy atom. The molecule has 1 unspecified atom stereocenters. The van der Waals surface area contributed by atoms with Crippen LogP contribution in [0.3, 0.4) is 0 Å². The molecule has 1 saturated heterocycles. The number of benzene rings is 2. The van der Waals surface area contributed by atoms with Crippen molar-refractivity contribution in [2.24, 2.45) is 0 Å². The van der Waals surface area contributed by atoms with Crippen molar-refractivity contribution in [3.05, 3.63) is 54.1 Å². The highest BCUT2D eigenvalue weighted by molar-refractivity contribution is 7.98. The van der Waals surface area contributed by atoms with Crippen LogP contribution in [0.5, 0.6) is 0 Å².